The molecule has 0 radical (unpaired) electrons. The molecule has 2 rings (SSSR count). The summed E-state index contributed by atoms with van der Waals surface area (Å²) in [5, 5.41) is 7.97. The molecule has 0 aliphatic heterocycles. The number of nitrogens with zero attached hydrogens (tertiary/aromatic N) is 2. The van der Waals surface area contributed by atoms with E-state index in [9.17, 15) is 4.39 Å². The molecule has 1 atom stereocenters. The van der Waals surface area contributed by atoms with Crippen LogP contribution in [0.25, 0.3) is 0 Å². The fourth-order valence-electron chi connectivity index (χ4n) is 2.07. The van der Waals surface area contributed by atoms with Crippen LogP contribution >= 0.6 is 0 Å². The quantitative estimate of drug-likeness (QED) is 0.881. The van der Waals surface area contributed by atoms with Crippen LogP contribution < -0.4 is 5.73 Å². The van der Waals surface area contributed by atoms with Crippen LogP contribution in [-0.2, 0) is 12.8 Å². The number of hydrogen-bond donors (Lipinski definition) is 1. The minimum atomic E-state index is -0.229. The van der Waals surface area contributed by atoms with Gasteiger partial charge in [-0.2, -0.15) is 0 Å². The van der Waals surface area contributed by atoms with E-state index in [1.807, 2.05) is 6.07 Å². The predicted molar refractivity (Wildman–Crippen MR) is 74.5 cm³/mol. The maximum Gasteiger partial charge on any atom is 0.233 e. The minimum absolute atomic E-state index is 0.217. The first-order valence-corrected chi connectivity index (χ1v) is 6.87. The summed E-state index contributed by atoms with van der Waals surface area (Å²) >= 11 is 0. The van der Waals surface area contributed by atoms with E-state index >= 15 is 0 Å². The first-order valence-electron chi connectivity index (χ1n) is 6.87. The maximum absolute atomic E-state index is 13.1. The molecular weight excluding hydrogens is 257 g/mol. The largest absolute Gasteiger partial charge is 0.424 e. The molecule has 5 heteroatoms. The van der Waals surface area contributed by atoms with Gasteiger partial charge in [0.2, 0.25) is 11.8 Å². The number of rotatable bonds is 6. The lowest BCUT2D eigenvalue weighted by molar-refractivity contribution is 0.383. The number of aromatic nitrogens is 2. The molecule has 0 aliphatic rings. The average molecular weight is 277 g/mol. The van der Waals surface area contributed by atoms with Crippen LogP contribution in [-0.4, -0.2) is 10.2 Å². The zero-order chi connectivity index (χ0) is 14.5. The van der Waals surface area contributed by atoms with Crippen LogP contribution in [0.1, 0.15) is 43.7 Å². The van der Waals surface area contributed by atoms with Gasteiger partial charge in [-0.1, -0.05) is 26.0 Å². The van der Waals surface area contributed by atoms with E-state index in [1.165, 1.54) is 12.1 Å². The molecule has 0 spiro atoms. The topological polar surface area (TPSA) is 64.9 Å². The number of halogens is 1. The molecule has 0 saturated heterocycles. The van der Waals surface area contributed by atoms with Crippen molar-refractivity contribution in [3.63, 3.8) is 0 Å². The van der Waals surface area contributed by atoms with Gasteiger partial charge in [-0.05, 0) is 36.5 Å². The maximum atomic E-state index is 13.1. The third-order valence-electron chi connectivity index (χ3n) is 3.04. The van der Waals surface area contributed by atoms with Gasteiger partial charge >= 0.3 is 0 Å². The van der Waals surface area contributed by atoms with Crippen molar-refractivity contribution in [3.05, 3.63) is 47.4 Å². The van der Waals surface area contributed by atoms with Crippen LogP contribution in [0.4, 0.5) is 4.39 Å². The summed E-state index contributed by atoms with van der Waals surface area (Å²) in [6, 6.07) is 6.30. The van der Waals surface area contributed by atoms with Gasteiger partial charge in [0.25, 0.3) is 0 Å². The summed E-state index contributed by atoms with van der Waals surface area (Å²) < 4.78 is 18.6. The zero-order valence-electron chi connectivity index (χ0n) is 11.8. The number of benzene rings is 1. The first-order chi connectivity index (χ1) is 9.54. The molecule has 0 fully saturated rings. The lowest BCUT2D eigenvalue weighted by Crippen LogP contribution is -2.13. The summed E-state index contributed by atoms with van der Waals surface area (Å²) in [4.78, 5) is 0. The summed E-state index contributed by atoms with van der Waals surface area (Å²) in [5.74, 6) is 1.27. The summed E-state index contributed by atoms with van der Waals surface area (Å²) in [7, 11) is 0. The Morgan fingerprint density at radius 2 is 2.05 bits per heavy atom. The van der Waals surface area contributed by atoms with E-state index in [-0.39, 0.29) is 11.9 Å². The summed E-state index contributed by atoms with van der Waals surface area (Å²) in [6.07, 6.45) is 2.06. The highest BCUT2D eigenvalue weighted by molar-refractivity contribution is 5.16. The normalized spacial score (nSPS) is 12.8. The van der Waals surface area contributed by atoms with Crippen molar-refractivity contribution in [2.24, 2.45) is 11.7 Å². The van der Waals surface area contributed by atoms with E-state index in [0.717, 1.165) is 12.0 Å². The van der Waals surface area contributed by atoms with Crippen LogP contribution in [0, 0.1) is 11.7 Å². The van der Waals surface area contributed by atoms with Crippen LogP contribution in [0.2, 0.25) is 0 Å². The third kappa shape index (κ3) is 4.13. The smallest absolute Gasteiger partial charge is 0.233 e. The lowest BCUT2D eigenvalue weighted by atomic mass is 10.0. The Balaban J connectivity index is 1.93. The van der Waals surface area contributed by atoms with Crippen LogP contribution in [0.15, 0.2) is 28.7 Å². The molecule has 1 aromatic heterocycles. The van der Waals surface area contributed by atoms with Gasteiger partial charge in [0.05, 0.1) is 6.04 Å². The van der Waals surface area contributed by atoms with Crippen molar-refractivity contribution >= 4 is 0 Å². The highest BCUT2D eigenvalue weighted by Gasteiger charge is 2.15. The van der Waals surface area contributed by atoms with Crippen molar-refractivity contribution < 1.29 is 8.81 Å². The van der Waals surface area contributed by atoms with Gasteiger partial charge in [-0.25, -0.2) is 4.39 Å². The Kier molecular flexibility index (Phi) is 4.84. The van der Waals surface area contributed by atoms with Gasteiger partial charge in [0.1, 0.15) is 5.82 Å². The molecule has 108 valence electrons. The van der Waals surface area contributed by atoms with E-state index < -0.39 is 0 Å². The molecular formula is C15H20FN3O. The molecule has 0 bridgehead atoms. The Bertz CT molecular complexity index is 554. The molecule has 0 saturated carbocycles. The third-order valence-corrected chi connectivity index (χ3v) is 3.04. The molecule has 20 heavy (non-hydrogen) atoms. The number of nitrogens with two attached hydrogens (primary N) is 1. The first kappa shape index (κ1) is 14.7. The predicted octanol–water partition coefficient (Wildman–Crippen LogP) is 3.04. The number of aryl methyl sites for hydroxylation is 2. The highest BCUT2D eigenvalue weighted by atomic mass is 19.1. The van der Waals surface area contributed by atoms with Gasteiger partial charge in [-0.3, -0.25) is 0 Å². The monoisotopic (exact) mass is 277 g/mol. The van der Waals surface area contributed by atoms with Crippen LogP contribution in [0.3, 0.4) is 0 Å². The molecule has 4 nitrogen and oxygen atoms in total. The second-order valence-corrected chi connectivity index (χ2v) is 5.40. The van der Waals surface area contributed by atoms with E-state index in [4.69, 9.17) is 10.2 Å². The van der Waals surface area contributed by atoms with Gasteiger partial charge < -0.3 is 10.2 Å². The van der Waals surface area contributed by atoms with Gasteiger partial charge in [0, 0.05) is 6.42 Å². The van der Waals surface area contributed by atoms with Crippen molar-refractivity contribution in [2.45, 2.75) is 39.2 Å². The van der Waals surface area contributed by atoms with Crippen molar-refractivity contribution in [1.82, 2.24) is 10.2 Å². The highest BCUT2D eigenvalue weighted by Crippen LogP contribution is 2.18. The second-order valence-electron chi connectivity index (χ2n) is 5.40. The lowest BCUT2D eigenvalue weighted by Gasteiger charge is -2.08. The fourth-order valence-corrected chi connectivity index (χ4v) is 2.07. The van der Waals surface area contributed by atoms with Crippen molar-refractivity contribution in [2.75, 3.05) is 0 Å². The molecule has 1 unspecified atom stereocenters. The zero-order valence-corrected chi connectivity index (χ0v) is 11.8. The molecule has 2 N–H and O–H groups in total. The Morgan fingerprint density at radius 1 is 1.25 bits per heavy atom. The SMILES string of the molecule is CC(C)CC(N)c1nnc(CCc2cccc(F)c2)o1. The molecule has 2 aromatic rings. The van der Waals surface area contributed by atoms with Crippen molar-refractivity contribution in [3.8, 4) is 0 Å². The fraction of sp³-hybridized carbons (Fsp3) is 0.467. The standard InChI is InChI=1S/C15H20FN3O/c1-10(2)8-13(17)15-19-18-14(20-15)7-6-11-4-3-5-12(16)9-11/h3-5,9-10,13H,6-8,17H2,1-2H3. The molecule has 0 amide bonds. The molecule has 1 heterocycles. The average Bonchev–Trinajstić information content (AvgIpc) is 2.84. The van der Waals surface area contributed by atoms with E-state index in [0.29, 0.717) is 30.5 Å². The van der Waals surface area contributed by atoms with E-state index in [2.05, 4.69) is 24.0 Å². The van der Waals surface area contributed by atoms with Crippen LogP contribution in [0.5, 0.6) is 0 Å². The molecule has 0 aliphatic carbocycles. The van der Waals surface area contributed by atoms with Gasteiger partial charge in [0.15, 0.2) is 0 Å². The minimum Gasteiger partial charge on any atom is -0.424 e. The number of hydrogen-bond acceptors (Lipinski definition) is 4. The Hall–Kier alpha value is -1.75. The van der Waals surface area contributed by atoms with Crippen molar-refractivity contribution in [1.29, 1.82) is 0 Å². The molecule has 1 aromatic carbocycles. The Labute approximate surface area is 118 Å². The summed E-state index contributed by atoms with van der Waals surface area (Å²) in [5.41, 5.74) is 6.90. The van der Waals surface area contributed by atoms with E-state index in [1.54, 1.807) is 6.07 Å². The van der Waals surface area contributed by atoms with Gasteiger partial charge in [-0.15, -0.1) is 10.2 Å². The summed E-state index contributed by atoms with van der Waals surface area (Å²) in [6.45, 7) is 4.20. The Morgan fingerprint density at radius 3 is 2.75 bits per heavy atom. The second kappa shape index (κ2) is 6.61.